The molecule has 1 aliphatic heterocycles. The Labute approximate surface area is 186 Å². The van der Waals surface area contributed by atoms with Crippen LogP contribution in [0.1, 0.15) is 36.2 Å². The third kappa shape index (κ3) is 5.80. The molecule has 0 saturated carbocycles. The van der Waals surface area contributed by atoms with Gasteiger partial charge in [0.2, 0.25) is 10.0 Å². The molecule has 0 aliphatic carbocycles. The van der Waals surface area contributed by atoms with Gasteiger partial charge in [-0.15, -0.1) is 0 Å². The lowest BCUT2D eigenvalue weighted by Crippen LogP contribution is -2.53. The monoisotopic (exact) mass is 469 g/mol. The number of hydrogen-bond donors (Lipinski definition) is 1. The van der Waals surface area contributed by atoms with E-state index in [1.54, 1.807) is 36.1 Å². The van der Waals surface area contributed by atoms with Crippen LogP contribution in [0.15, 0.2) is 36.4 Å². The second-order valence-electron chi connectivity index (χ2n) is 7.93. The zero-order valence-corrected chi connectivity index (χ0v) is 18.8. The molecule has 6 nitrogen and oxygen atoms in total. The van der Waals surface area contributed by atoms with E-state index in [9.17, 15) is 26.4 Å². The average Bonchev–Trinajstić information content (AvgIpc) is 2.70. The van der Waals surface area contributed by atoms with Crippen LogP contribution in [0.5, 0.6) is 0 Å². The summed E-state index contributed by atoms with van der Waals surface area (Å²) in [5, 5.41) is 0. The van der Waals surface area contributed by atoms with E-state index in [0.717, 1.165) is 0 Å². The highest BCUT2D eigenvalue weighted by molar-refractivity contribution is 7.92. The Bertz CT molecular complexity index is 1050. The number of carbonyl (C=O) groups excluding carboxylic acids is 1. The van der Waals surface area contributed by atoms with Crippen LogP contribution in [0, 0.1) is 17.5 Å². The van der Waals surface area contributed by atoms with Crippen LogP contribution in [0.25, 0.3) is 0 Å². The molecule has 3 rings (SSSR count). The molecule has 2 aromatic carbocycles. The highest BCUT2D eigenvalue weighted by Crippen LogP contribution is 2.21. The van der Waals surface area contributed by atoms with E-state index in [1.807, 2.05) is 11.8 Å². The minimum atomic E-state index is -3.41. The van der Waals surface area contributed by atoms with Crippen molar-refractivity contribution in [3.63, 3.8) is 0 Å². The quantitative estimate of drug-likeness (QED) is 0.673. The average molecular weight is 470 g/mol. The van der Waals surface area contributed by atoms with Crippen molar-refractivity contribution >= 4 is 21.6 Å². The summed E-state index contributed by atoms with van der Waals surface area (Å²) in [6.45, 7) is 4.76. The molecular weight excluding hydrogens is 443 g/mol. The normalized spacial score (nSPS) is 17.4. The molecule has 10 heteroatoms. The van der Waals surface area contributed by atoms with Crippen LogP contribution in [0.4, 0.5) is 18.9 Å². The summed E-state index contributed by atoms with van der Waals surface area (Å²) in [6.07, 6.45) is 0.496. The molecule has 1 heterocycles. The number of nitrogens with zero attached hydrogens (tertiary/aromatic N) is 2. The first-order valence-corrected chi connectivity index (χ1v) is 12.0. The van der Waals surface area contributed by atoms with Gasteiger partial charge >= 0.3 is 0 Å². The molecule has 0 spiro atoms. The van der Waals surface area contributed by atoms with Crippen molar-refractivity contribution in [3.05, 3.63) is 65.0 Å². The molecule has 1 saturated heterocycles. The van der Waals surface area contributed by atoms with Crippen LogP contribution >= 0.6 is 0 Å². The summed E-state index contributed by atoms with van der Waals surface area (Å²) >= 11 is 0. The van der Waals surface area contributed by atoms with E-state index in [4.69, 9.17) is 0 Å². The Kier molecular flexibility index (Phi) is 7.45. The van der Waals surface area contributed by atoms with Gasteiger partial charge in [-0.2, -0.15) is 0 Å². The van der Waals surface area contributed by atoms with Crippen LogP contribution in [0.2, 0.25) is 0 Å². The van der Waals surface area contributed by atoms with Gasteiger partial charge in [0.25, 0.3) is 5.91 Å². The number of carbonyl (C=O) groups is 1. The van der Waals surface area contributed by atoms with Gasteiger partial charge in [0.05, 0.1) is 5.75 Å². The largest absolute Gasteiger partial charge is 0.333 e. The molecule has 1 atom stereocenters. The number of nitrogens with one attached hydrogen (secondary N) is 1. The number of piperazine rings is 1. The number of halogens is 3. The van der Waals surface area contributed by atoms with Gasteiger partial charge in [-0.3, -0.25) is 14.4 Å². The minimum Gasteiger partial charge on any atom is -0.333 e. The zero-order valence-electron chi connectivity index (χ0n) is 17.9. The summed E-state index contributed by atoms with van der Waals surface area (Å²) in [6, 6.07) is 7.32. The second kappa shape index (κ2) is 9.91. The Morgan fingerprint density at radius 1 is 1.09 bits per heavy atom. The molecule has 0 unspecified atom stereocenters. The molecular formula is C22H26F3N3O3S. The van der Waals surface area contributed by atoms with E-state index in [2.05, 4.69) is 4.72 Å². The number of benzene rings is 2. The van der Waals surface area contributed by atoms with E-state index < -0.39 is 27.5 Å². The van der Waals surface area contributed by atoms with Gasteiger partial charge in [0.1, 0.15) is 17.5 Å². The van der Waals surface area contributed by atoms with Crippen LogP contribution in [0.3, 0.4) is 0 Å². The maximum absolute atomic E-state index is 14.0. The number of sulfonamides is 1. The summed E-state index contributed by atoms with van der Waals surface area (Å²) < 4.78 is 67.2. The molecule has 1 N–H and O–H groups in total. The first-order chi connectivity index (χ1) is 15.1. The Hall–Kier alpha value is -2.59. The van der Waals surface area contributed by atoms with E-state index in [-0.39, 0.29) is 29.8 Å². The molecule has 174 valence electrons. The van der Waals surface area contributed by atoms with Crippen LogP contribution < -0.4 is 4.72 Å². The fourth-order valence-corrected chi connectivity index (χ4v) is 4.91. The predicted octanol–water partition coefficient (Wildman–Crippen LogP) is 3.60. The minimum absolute atomic E-state index is 0.0151. The maximum atomic E-state index is 14.0. The summed E-state index contributed by atoms with van der Waals surface area (Å²) in [4.78, 5) is 16.4. The Morgan fingerprint density at radius 2 is 1.72 bits per heavy atom. The van der Waals surface area contributed by atoms with Gasteiger partial charge < -0.3 is 4.90 Å². The fourth-order valence-electron chi connectivity index (χ4n) is 3.77. The summed E-state index contributed by atoms with van der Waals surface area (Å²) in [5.74, 6) is -3.01. The fraction of sp³-hybridized carbons (Fsp3) is 0.409. The smallest absolute Gasteiger partial charge is 0.254 e. The van der Waals surface area contributed by atoms with E-state index >= 15 is 0 Å². The van der Waals surface area contributed by atoms with Gasteiger partial charge in [0.15, 0.2) is 0 Å². The van der Waals surface area contributed by atoms with Crippen molar-refractivity contribution in [1.29, 1.82) is 0 Å². The van der Waals surface area contributed by atoms with Crippen molar-refractivity contribution < 1.29 is 26.4 Å². The molecule has 0 bridgehead atoms. The molecule has 2 aromatic rings. The van der Waals surface area contributed by atoms with Gasteiger partial charge in [-0.1, -0.05) is 6.92 Å². The van der Waals surface area contributed by atoms with E-state index in [1.165, 1.54) is 0 Å². The van der Waals surface area contributed by atoms with Crippen LogP contribution in [-0.2, 0) is 16.6 Å². The third-order valence-corrected chi connectivity index (χ3v) is 6.83. The van der Waals surface area contributed by atoms with Crippen molar-refractivity contribution in [3.8, 4) is 0 Å². The zero-order chi connectivity index (χ0) is 23.5. The first-order valence-electron chi connectivity index (χ1n) is 10.4. The number of anilines is 1. The molecule has 1 amide bonds. The Morgan fingerprint density at radius 3 is 2.28 bits per heavy atom. The SMILES string of the molecule is CCCS(=O)(=O)Nc1ccc(C(=O)N2CCN(Cc3c(F)cc(F)cc3F)C[C@@H]2C)cc1. The first kappa shape index (κ1) is 24.1. The lowest BCUT2D eigenvalue weighted by Gasteiger charge is -2.40. The van der Waals surface area contributed by atoms with Crippen LogP contribution in [-0.4, -0.2) is 55.6 Å². The Balaban J connectivity index is 1.62. The van der Waals surface area contributed by atoms with Gasteiger partial charge in [-0.25, -0.2) is 21.6 Å². The highest BCUT2D eigenvalue weighted by Gasteiger charge is 2.29. The molecule has 1 fully saturated rings. The van der Waals surface area contributed by atoms with Crippen molar-refractivity contribution in [2.75, 3.05) is 30.1 Å². The number of amides is 1. The van der Waals surface area contributed by atoms with E-state index in [0.29, 0.717) is 49.4 Å². The molecule has 0 aromatic heterocycles. The second-order valence-corrected chi connectivity index (χ2v) is 9.77. The predicted molar refractivity (Wildman–Crippen MR) is 116 cm³/mol. The molecule has 1 aliphatic rings. The summed E-state index contributed by atoms with van der Waals surface area (Å²) in [5.41, 5.74) is 0.607. The van der Waals surface area contributed by atoms with Crippen molar-refractivity contribution in [1.82, 2.24) is 9.80 Å². The third-order valence-electron chi connectivity index (χ3n) is 5.34. The lowest BCUT2D eigenvalue weighted by molar-refractivity contribution is 0.0471. The molecule has 0 radical (unpaired) electrons. The van der Waals surface area contributed by atoms with Crippen molar-refractivity contribution in [2.24, 2.45) is 0 Å². The lowest BCUT2D eigenvalue weighted by atomic mass is 10.1. The molecule has 32 heavy (non-hydrogen) atoms. The maximum Gasteiger partial charge on any atom is 0.254 e. The van der Waals surface area contributed by atoms with Gasteiger partial charge in [-0.05, 0) is 37.6 Å². The van der Waals surface area contributed by atoms with Gasteiger partial charge in [0, 0.05) is 61.2 Å². The topological polar surface area (TPSA) is 69.7 Å². The van der Waals surface area contributed by atoms with Crippen molar-refractivity contribution in [2.45, 2.75) is 32.9 Å². The summed E-state index contributed by atoms with van der Waals surface area (Å²) in [7, 11) is -3.41. The highest BCUT2D eigenvalue weighted by atomic mass is 32.2. The number of hydrogen-bond acceptors (Lipinski definition) is 4. The standard InChI is InChI=1S/C22H26F3N3O3S/c1-3-10-32(30,31)26-18-6-4-16(5-7-18)22(29)28-9-8-27(13-15(28)2)14-19-20(24)11-17(23)12-21(19)25/h4-7,11-12,15,26H,3,8-10,13-14H2,1-2H3/t15-/m0/s1. The number of rotatable bonds is 7.